The van der Waals surface area contributed by atoms with Crippen LogP contribution in [0.2, 0.25) is 0 Å². The van der Waals surface area contributed by atoms with Crippen molar-refractivity contribution in [3.63, 3.8) is 0 Å². The van der Waals surface area contributed by atoms with Gasteiger partial charge in [0.25, 0.3) is 0 Å². The number of amides is 3. The summed E-state index contributed by atoms with van der Waals surface area (Å²) in [6, 6.07) is -1.31. The van der Waals surface area contributed by atoms with Crippen LogP contribution in [0.25, 0.3) is 0 Å². The van der Waals surface area contributed by atoms with Crippen LogP contribution in [0.5, 0.6) is 0 Å². The van der Waals surface area contributed by atoms with Crippen LogP contribution in [-0.4, -0.2) is 190 Å². The van der Waals surface area contributed by atoms with Gasteiger partial charge in [0.05, 0.1) is 49.9 Å². The molecular weight excluding hydrogens is 1070 g/mol. The number of hydrogen-bond acceptors (Lipinski definition) is 17. The number of hydrogen-bond donors (Lipinski definition) is 9. The van der Waals surface area contributed by atoms with Gasteiger partial charge in [-0.15, -0.1) is 0 Å². The lowest BCUT2D eigenvalue weighted by molar-refractivity contribution is -0.219. The zero-order valence-electron chi connectivity index (χ0n) is 48.1. The van der Waals surface area contributed by atoms with Crippen LogP contribution in [0.3, 0.4) is 0 Å². The van der Waals surface area contributed by atoms with Gasteiger partial charge >= 0.3 is 0 Å². The first-order valence-electron chi connectivity index (χ1n) is 28.8. The molecule has 0 heterocycles. The molecule has 0 radical (unpaired) electrons. The first-order valence-corrected chi connectivity index (χ1v) is 28.8. The number of nitrogens with one attached hydrogen (secondary N) is 3. The molecule has 0 bridgehead atoms. The second kappa shape index (κ2) is 23.4. The highest BCUT2D eigenvalue weighted by atomic mass is 19.1. The van der Waals surface area contributed by atoms with E-state index in [1.807, 2.05) is 0 Å². The molecule has 0 saturated heterocycles. The Labute approximate surface area is 476 Å². The van der Waals surface area contributed by atoms with E-state index in [9.17, 15) is 64.2 Å². The number of aliphatic hydroxyl groups excluding tert-OH is 4. The fourth-order valence-corrected chi connectivity index (χ4v) is 16.9. The molecule has 6 saturated carbocycles. The number of alkyl halides is 2. The Morgan fingerprint density at radius 3 is 1.57 bits per heavy atom. The van der Waals surface area contributed by atoms with Gasteiger partial charge in [0.1, 0.15) is 50.2 Å². The van der Waals surface area contributed by atoms with Crippen LogP contribution >= 0.6 is 0 Å². The molecule has 8 aliphatic rings. The average molecular weight is 1150 g/mol. The van der Waals surface area contributed by atoms with Crippen molar-refractivity contribution in [2.45, 2.75) is 147 Å². The summed E-state index contributed by atoms with van der Waals surface area (Å²) in [7, 11) is 1.45. The van der Waals surface area contributed by atoms with Crippen LogP contribution in [0.4, 0.5) is 8.78 Å². The Morgan fingerprint density at radius 2 is 1.13 bits per heavy atom. The third-order valence-electron chi connectivity index (χ3n) is 21.4. The van der Waals surface area contributed by atoms with Crippen molar-refractivity contribution in [3.05, 3.63) is 47.6 Å². The summed E-state index contributed by atoms with van der Waals surface area (Å²) in [6.45, 7) is 6.76. The standard InChI is InChI=1S/C60H83F2N5O15/c1-33-20-43-41-10-8-35-22-37(14-16-53(35,3)57(41,61)46(72)24-55(43,5)59(33,79)48(74)30-68)63-26-39(70)28-65-50(76)13-12-45(67-51(77)32-82-19-18-81-7)52(78)66-29-40(71)27-64-38-15-17-54(4)36(23-38)9-11-42-44-21-34(2)60(80,49(75)31-69)56(44,6)25-47(73)58(42,54)62/h14-17,22-23,33-34,41-47,68-69,72-73,79-80H,8-13,18-21,24-32H2,1-7H3,(H,65,76)(H,66,78)(H,67,77)/t33-,34+,41+,42-,43+,44-,45-,46+,47-,53+,54-,55+,56-,57+,58-,59+,60-/m0/s1. The van der Waals surface area contributed by atoms with E-state index in [2.05, 4.69) is 25.9 Å². The quantitative estimate of drug-likeness (QED) is 0.0699. The Bertz CT molecular complexity index is 2790. The molecule has 8 aliphatic carbocycles. The van der Waals surface area contributed by atoms with Gasteiger partial charge in [-0.05, 0) is 120 Å². The molecule has 20 nitrogen and oxygen atoms in total. The third-order valence-corrected chi connectivity index (χ3v) is 21.4. The molecule has 3 amide bonds. The second-order valence-electron chi connectivity index (χ2n) is 25.5. The number of nitrogens with zero attached hydrogens (tertiary/aromatic N) is 2. The van der Waals surface area contributed by atoms with Crippen molar-refractivity contribution < 1.29 is 82.5 Å². The van der Waals surface area contributed by atoms with E-state index in [0.717, 1.165) is 0 Å². The molecule has 0 aromatic heterocycles. The molecular formula is C60H83F2N5O15. The van der Waals surface area contributed by atoms with Gasteiger partial charge in [0.2, 0.25) is 17.7 Å². The lowest BCUT2D eigenvalue weighted by atomic mass is 9.44. The molecule has 0 aliphatic heterocycles. The van der Waals surface area contributed by atoms with E-state index in [1.54, 1.807) is 78.0 Å². The molecule has 82 heavy (non-hydrogen) atoms. The topological polar surface area (TPSA) is 320 Å². The largest absolute Gasteiger partial charge is 0.390 e. The lowest BCUT2D eigenvalue weighted by Gasteiger charge is -2.62. The number of aliphatic hydroxyl groups is 6. The Hall–Kier alpha value is -5.07. The zero-order chi connectivity index (χ0) is 60.2. The highest BCUT2D eigenvalue weighted by molar-refractivity contribution is 6.08. The number of carbonyl (C=O) groups is 7. The van der Waals surface area contributed by atoms with Gasteiger partial charge in [0.15, 0.2) is 34.5 Å². The SMILES string of the molecule is COCCOCC(=O)N[C@@H](CCC(=O)NCC(=O)CN=C1C=C[C@]2(C)C(=C1)CC[C@@H]1[C@H]3C[C@H](C)[C@@](O)(C(=O)CO)[C@]3(C)C[C@@H](O)[C@]12F)C(=O)NCC(=O)CN=C1C=C[C@@]2(C)C(=C1)CC[C@H]1[C@@H]3C[C@@H](C)[C@](O)(C(=O)CO)[C@@]3(C)C[C@H](O)[C@@]12F. The molecule has 8 rings (SSSR count). The zero-order valence-corrected chi connectivity index (χ0v) is 48.1. The van der Waals surface area contributed by atoms with Gasteiger partial charge in [-0.25, -0.2) is 8.78 Å². The van der Waals surface area contributed by atoms with Crippen molar-refractivity contribution in [1.29, 1.82) is 0 Å². The highest BCUT2D eigenvalue weighted by Gasteiger charge is 2.77. The summed E-state index contributed by atoms with van der Waals surface area (Å²) in [6.07, 6.45) is 8.01. The smallest absolute Gasteiger partial charge is 0.246 e. The summed E-state index contributed by atoms with van der Waals surface area (Å²) < 4.78 is 45.9. The molecule has 22 heteroatoms. The number of allylic oxidation sites excluding steroid dienone is 8. The maximum Gasteiger partial charge on any atom is 0.246 e. The van der Waals surface area contributed by atoms with E-state index in [4.69, 9.17) is 9.47 Å². The summed E-state index contributed by atoms with van der Waals surface area (Å²) in [5, 5.41) is 74.0. The van der Waals surface area contributed by atoms with Crippen LogP contribution < -0.4 is 16.0 Å². The molecule has 9 N–H and O–H groups in total. The van der Waals surface area contributed by atoms with E-state index in [0.29, 0.717) is 61.1 Å². The second-order valence-corrected chi connectivity index (χ2v) is 25.5. The summed E-state index contributed by atoms with van der Waals surface area (Å²) in [5.41, 5.74) is -10.9. The van der Waals surface area contributed by atoms with Crippen molar-refractivity contribution in [2.24, 2.45) is 67.2 Å². The molecule has 6 fully saturated rings. The normalized spacial score (nSPS) is 40.9. The summed E-state index contributed by atoms with van der Waals surface area (Å²) >= 11 is 0. The number of ether oxygens (including phenoxy) is 2. The molecule has 452 valence electrons. The monoisotopic (exact) mass is 1150 g/mol. The van der Waals surface area contributed by atoms with Gasteiger partial charge in [0, 0.05) is 47.0 Å². The Kier molecular flexibility index (Phi) is 18.0. The van der Waals surface area contributed by atoms with Crippen LogP contribution in [0.1, 0.15) is 106 Å². The van der Waals surface area contributed by atoms with Gasteiger partial charge in [-0.2, -0.15) is 0 Å². The van der Waals surface area contributed by atoms with E-state index < -0.39 is 172 Å². The van der Waals surface area contributed by atoms with Crippen molar-refractivity contribution in [1.82, 2.24) is 16.0 Å². The predicted molar refractivity (Wildman–Crippen MR) is 294 cm³/mol. The molecule has 0 unspecified atom stereocenters. The Balaban J connectivity index is 0.833. The Morgan fingerprint density at radius 1 is 0.683 bits per heavy atom. The average Bonchev–Trinajstić information content (AvgIpc) is 1.54. The summed E-state index contributed by atoms with van der Waals surface area (Å²) in [4.78, 5) is 100. The number of fused-ring (bicyclic) bond motifs is 10. The number of halogens is 2. The van der Waals surface area contributed by atoms with E-state index >= 15 is 8.78 Å². The van der Waals surface area contributed by atoms with Crippen molar-refractivity contribution in [3.8, 4) is 0 Å². The predicted octanol–water partition coefficient (Wildman–Crippen LogP) is 1.85. The number of Topliss-reactive ketones (excluding diaryl/α,β-unsaturated/α-hetero) is 4. The van der Waals surface area contributed by atoms with E-state index in [1.165, 1.54) is 7.11 Å². The fraction of sp³-hybridized carbons (Fsp3) is 0.717. The molecule has 17 atom stereocenters. The first kappa shape index (κ1) is 63.0. The van der Waals surface area contributed by atoms with Crippen LogP contribution in [0, 0.1) is 57.2 Å². The third kappa shape index (κ3) is 10.0. The number of carbonyl (C=O) groups excluding carboxylic acids is 7. The lowest BCUT2D eigenvalue weighted by Crippen LogP contribution is -2.69. The van der Waals surface area contributed by atoms with Crippen molar-refractivity contribution in [2.75, 3.05) is 66.3 Å². The van der Waals surface area contributed by atoms with Crippen LogP contribution in [-0.2, 0) is 43.0 Å². The van der Waals surface area contributed by atoms with E-state index in [-0.39, 0.29) is 52.0 Å². The van der Waals surface area contributed by atoms with Gasteiger partial charge in [-0.1, -0.05) is 51.0 Å². The maximum atomic E-state index is 17.9. The number of aliphatic imine (C=N–C) groups is 2. The first-order chi connectivity index (χ1) is 38.5. The molecule has 0 aromatic carbocycles. The highest BCUT2D eigenvalue weighted by Crippen LogP contribution is 2.72. The van der Waals surface area contributed by atoms with Crippen molar-refractivity contribution >= 4 is 52.3 Å². The number of methoxy groups -OCH3 is 1. The minimum atomic E-state index is -2.17. The number of ketones is 4. The fourth-order valence-electron chi connectivity index (χ4n) is 16.9. The molecule has 0 aromatic rings. The summed E-state index contributed by atoms with van der Waals surface area (Å²) in [5.74, 6) is -7.99. The molecule has 0 spiro atoms. The number of rotatable bonds is 22. The minimum absolute atomic E-state index is 0.0852. The van der Waals surface area contributed by atoms with Crippen LogP contribution in [0.15, 0.2) is 57.6 Å². The van der Waals surface area contributed by atoms with Gasteiger partial charge < -0.3 is 56.1 Å². The minimum Gasteiger partial charge on any atom is -0.390 e. The van der Waals surface area contributed by atoms with Gasteiger partial charge in [-0.3, -0.25) is 43.5 Å². The maximum absolute atomic E-state index is 17.9.